The van der Waals surface area contributed by atoms with Crippen molar-refractivity contribution in [2.75, 3.05) is 0 Å². The van der Waals surface area contributed by atoms with Gasteiger partial charge in [-0.1, -0.05) is 23.4 Å². The second-order valence-electron chi connectivity index (χ2n) is 5.37. The van der Waals surface area contributed by atoms with Gasteiger partial charge in [0.2, 0.25) is 0 Å². The van der Waals surface area contributed by atoms with Gasteiger partial charge in [0, 0.05) is 23.3 Å². The standard InChI is InChI=1S/C16H13N5O2S/c1-10(13-8-20-6-7-24-16(20)17-13)21-9-14(18-19-21)11-4-2-3-5-12(11)15(22)23/h2-10H,1H3,(H,22,23). The Bertz CT molecular complexity index is 1000. The summed E-state index contributed by atoms with van der Waals surface area (Å²) in [4.78, 5) is 16.9. The Morgan fingerprint density at radius 3 is 2.92 bits per heavy atom. The molecule has 4 aromatic rings. The van der Waals surface area contributed by atoms with E-state index in [0.29, 0.717) is 11.3 Å². The number of carbonyl (C=O) groups is 1. The van der Waals surface area contributed by atoms with Crippen molar-refractivity contribution in [1.82, 2.24) is 24.4 Å². The van der Waals surface area contributed by atoms with E-state index in [1.54, 1.807) is 46.5 Å². The van der Waals surface area contributed by atoms with Gasteiger partial charge in [-0.2, -0.15) is 0 Å². The number of thiazole rings is 1. The summed E-state index contributed by atoms with van der Waals surface area (Å²) < 4.78 is 3.66. The molecule has 1 unspecified atom stereocenters. The number of aromatic carboxylic acids is 1. The van der Waals surface area contributed by atoms with Crippen LogP contribution in [-0.4, -0.2) is 35.5 Å². The van der Waals surface area contributed by atoms with Gasteiger partial charge >= 0.3 is 5.97 Å². The first-order valence-electron chi connectivity index (χ1n) is 7.30. The first kappa shape index (κ1) is 14.6. The molecule has 0 saturated heterocycles. The molecule has 3 heterocycles. The van der Waals surface area contributed by atoms with Gasteiger partial charge in [-0.25, -0.2) is 14.5 Å². The fourth-order valence-electron chi connectivity index (χ4n) is 2.56. The van der Waals surface area contributed by atoms with Gasteiger partial charge in [0.15, 0.2) is 4.96 Å². The van der Waals surface area contributed by atoms with Gasteiger partial charge in [-0.3, -0.25) is 4.40 Å². The lowest BCUT2D eigenvalue weighted by molar-refractivity contribution is 0.0697. The predicted octanol–water partition coefficient (Wildman–Crippen LogP) is 2.96. The summed E-state index contributed by atoms with van der Waals surface area (Å²) in [7, 11) is 0. The molecule has 0 saturated carbocycles. The minimum atomic E-state index is -0.984. The van der Waals surface area contributed by atoms with Crippen LogP contribution in [0.25, 0.3) is 16.2 Å². The van der Waals surface area contributed by atoms with Crippen molar-refractivity contribution >= 4 is 22.3 Å². The number of rotatable bonds is 4. The zero-order chi connectivity index (χ0) is 16.7. The lowest BCUT2D eigenvalue weighted by Gasteiger charge is -2.07. The molecule has 0 aliphatic carbocycles. The summed E-state index contributed by atoms with van der Waals surface area (Å²) in [6, 6.07) is 6.67. The van der Waals surface area contributed by atoms with Crippen LogP contribution in [0.4, 0.5) is 0 Å². The first-order valence-corrected chi connectivity index (χ1v) is 8.18. The molecule has 0 fully saturated rings. The Morgan fingerprint density at radius 2 is 2.12 bits per heavy atom. The average molecular weight is 339 g/mol. The van der Waals surface area contributed by atoms with Crippen molar-refractivity contribution in [3.05, 3.63) is 59.5 Å². The molecule has 4 rings (SSSR count). The van der Waals surface area contributed by atoms with E-state index < -0.39 is 5.97 Å². The zero-order valence-electron chi connectivity index (χ0n) is 12.7. The van der Waals surface area contributed by atoms with Crippen LogP contribution in [0.5, 0.6) is 0 Å². The Hall–Kier alpha value is -3.00. The molecule has 0 radical (unpaired) electrons. The summed E-state index contributed by atoms with van der Waals surface area (Å²) in [5, 5.41) is 19.6. The van der Waals surface area contributed by atoms with Crippen molar-refractivity contribution in [2.45, 2.75) is 13.0 Å². The fraction of sp³-hybridized carbons (Fsp3) is 0.125. The molecule has 1 atom stereocenters. The third-order valence-corrected chi connectivity index (χ3v) is 4.65. The highest BCUT2D eigenvalue weighted by atomic mass is 32.1. The summed E-state index contributed by atoms with van der Waals surface area (Å²) in [5.41, 5.74) is 2.17. The zero-order valence-corrected chi connectivity index (χ0v) is 13.5. The Morgan fingerprint density at radius 1 is 1.29 bits per heavy atom. The quantitative estimate of drug-likeness (QED) is 0.618. The van der Waals surface area contributed by atoms with Crippen LogP contribution in [0.2, 0.25) is 0 Å². The van der Waals surface area contributed by atoms with E-state index in [1.807, 2.05) is 29.1 Å². The lowest BCUT2D eigenvalue weighted by Crippen LogP contribution is -2.07. The minimum absolute atomic E-state index is 0.102. The van der Waals surface area contributed by atoms with Crippen molar-refractivity contribution in [3.63, 3.8) is 0 Å². The smallest absolute Gasteiger partial charge is 0.336 e. The van der Waals surface area contributed by atoms with E-state index in [1.165, 1.54) is 0 Å². The molecule has 0 amide bonds. The summed E-state index contributed by atoms with van der Waals surface area (Å²) in [6.07, 6.45) is 5.67. The molecular weight excluding hydrogens is 326 g/mol. The highest BCUT2D eigenvalue weighted by Crippen LogP contribution is 2.24. The SMILES string of the molecule is CC(c1cn2ccsc2n1)n1cc(-c2ccccc2C(=O)O)nn1. The Labute approximate surface area is 140 Å². The normalized spacial score (nSPS) is 12.5. The fourth-order valence-corrected chi connectivity index (χ4v) is 3.27. The Kier molecular flexibility index (Phi) is 3.39. The summed E-state index contributed by atoms with van der Waals surface area (Å²) in [5.74, 6) is -0.984. The summed E-state index contributed by atoms with van der Waals surface area (Å²) in [6.45, 7) is 1.98. The lowest BCUT2D eigenvalue weighted by atomic mass is 10.1. The van der Waals surface area contributed by atoms with E-state index in [-0.39, 0.29) is 11.6 Å². The second-order valence-corrected chi connectivity index (χ2v) is 6.24. The highest BCUT2D eigenvalue weighted by molar-refractivity contribution is 7.15. The van der Waals surface area contributed by atoms with Crippen LogP contribution in [0.3, 0.4) is 0 Å². The number of fused-ring (bicyclic) bond motifs is 1. The molecule has 0 aliphatic heterocycles. The topological polar surface area (TPSA) is 85.3 Å². The number of hydrogen-bond acceptors (Lipinski definition) is 5. The van der Waals surface area contributed by atoms with Crippen LogP contribution in [0.1, 0.15) is 29.0 Å². The van der Waals surface area contributed by atoms with E-state index in [4.69, 9.17) is 0 Å². The number of benzene rings is 1. The Balaban J connectivity index is 1.70. The van der Waals surface area contributed by atoms with Crippen LogP contribution in [-0.2, 0) is 0 Å². The summed E-state index contributed by atoms with van der Waals surface area (Å²) >= 11 is 1.57. The second kappa shape index (κ2) is 5.57. The van der Waals surface area contributed by atoms with Crippen LogP contribution < -0.4 is 0 Å². The van der Waals surface area contributed by atoms with Gasteiger partial charge in [0.1, 0.15) is 5.69 Å². The van der Waals surface area contributed by atoms with Gasteiger partial charge in [0.05, 0.1) is 23.5 Å². The van der Waals surface area contributed by atoms with Crippen molar-refractivity contribution < 1.29 is 9.90 Å². The van der Waals surface area contributed by atoms with Crippen molar-refractivity contribution in [3.8, 4) is 11.3 Å². The number of carboxylic acid groups (broad SMARTS) is 1. The number of nitrogens with zero attached hydrogens (tertiary/aromatic N) is 5. The van der Waals surface area contributed by atoms with Gasteiger partial charge < -0.3 is 5.11 Å². The first-order chi connectivity index (χ1) is 11.6. The molecule has 120 valence electrons. The van der Waals surface area contributed by atoms with E-state index in [2.05, 4.69) is 15.3 Å². The van der Waals surface area contributed by atoms with E-state index in [9.17, 15) is 9.90 Å². The number of aromatic nitrogens is 5. The minimum Gasteiger partial charge on any atom is -0.478 e. The van der Waals surface area contributed by atoms with Crippen molar-refractivity contribution in [2.24, 2.45) is 0 Å². The molecule has 0 aliphatic rings. The molecule has 0 bridgehead atoms. The molecule has 0 spiro atoms. The molecule has 1 N–H and O–H groups in total. The number of imidazole rings is 1. The molecule has 8 heteroatoms. The van der Waals surface area contributed by atoms with E-state index >= 15 is 0 Å². The van der Waals surface area contributed by atoms with Gasteiger partial charge in [0.25, 0.3) is 0 Å². The maximum absolute atomic E-state index is 11.4. The molecule has 3 aromatic heterocycles. The van der Waals surface area contributed by atoms with Crippen LogP contribution in [0.15, 0.2) is 48.2 Å². The third-order valence-electron chi connectivity index (χ3n) is 3.88. The highest BCUT2D eigenvalue weighted by Gasteiger charge is 2.18. The molecular formula is C16H13N5O2S. The third kappa shape index (κ3) is 2.37. The molecule has 24 heavy (non-hydrogen) atoms. The monoisotopic (exact) mass is 339 g/mol. The van der Waals surface area contributed by atoms with E-state index in [0.717, 1.165) is 10.7 Å². The van der Waals surface area contributed by atoms with Gasteiger partial charge in [-0.15, -0.1) is 16.4 Å². The predicted molar refractivity (Wildman–Crippen MR) is 89.3 cm³/mol. The molecule has 7 nitrogen and oxygen atoms in total. The molecule has 1 aromatic carbocycles. The number of carboxylic acids is 1. The largest absolute Gasteiger partial charge is 0.478 e. The maximum Gasteiger partial charge on any atom is 0.336 e. The number of hydrogen-bond donors (Lipinski definition) is 1. The average Bonchev–Trinajstić information content (AvgIpc) is 3.29. The van der Waals surface area contributed by atoms with Crippen molar-refractivity contribution in [1.29, 1.82) is 0 Å². The van der Waals surface area contributed by atoms with Crippen LogP contribution >= 0.6 is 11.3 Å². The van der Waals surface area contributed by atoms with Gasteiger partial charge in [-0.05, 0) is 13.0 Å². The van der Waals surface area contributed by atoms with Crippen LogP contribution in [0, 0.1) is 0 Å². The maximum atomic E-state index is 11.4.